The lowest BCUT2D eigenvalue weighted by Crippen LogP contribution is -2.47. The number of hydrogen-bond acceptors (Lipinski definition) is 4. The van der Waals surface area contributed by atoms with Crippen LogP contribution in [0.5, 0.6) is 0 Å². The first-order valence-electron chi connectivity index (χ1n) is 12.6. The summed E-state index contributed by atoms with van der Waals surface area (Å²) in [4.78, 5) is 23.7. The number of halogens is 2. The number of rotatable bonds is 6. The number of anilines is 2. The van der Waals surface area contributed by atoms with Gasteiger partial charge in [0.05, 0.1) is 5.52 Å². The summed E-state index contributed by atoms with van der Waals surface area (Å²) >= 11 is 0. The van der Waals surface area contributed by atoms with Crippen molar-refractivity contribution in [3.05, 3.63) is 65.9 Å². The minimum atomic E-state index is -0.334. The lowest BCUT2D eigenvalue weighted by molar-refractivity contribution is 0.251. The molecule has 0 atom stereocenters. The van der Waals surface area contributed by atoms with Gasteiger partial charge in [-0.3, -0.25) is 14.8 Å². The molecule has 36 heavy (non-hydrogen) atoms. The Bertz CT molecular complexity index is 1160. The summed E-state index contributed by atoms with van der Waals surface area (Å²) in [5.74, 6) is 0. The molecule has 1 aromatic heterocycles. The second-order valence-corrected chi connectivity index (χ2v) is 9.69. The number of pyridine rings is 1. The maximum absolute atomic E-state index is 12.2. The quantitative estimate of drug-likeness (QED) is 0.452. The van der Waals surface area contributed by atoms with E-state index in [4.69, 9.17) is 10.7 Å². The van der Waals surface area contributed by atoms with Crippen LogP contribution in [0.15, 0.2) is 54.6 Å². The molecule has 1 saturated heterocycles. The Morgan fingerprint density at radius 3 is 2.44 bits per heavy atom. The van der Waals surface area contributed by atoms with E-state index < -0.39 is 0 Å². The Labute approximate surface area is 226 Å². The van der Waals surface area contributed by atoms with E-state index in [1.807, 2.05) is 17.9 Å². The van der Waals surface area contributed by atoms with Crippen molar-refractivity contribution in [2.45, 2.75) is 45.1 Å². The lowest BCUT2D eigenvalue weighted by atomic mass is 10.1. The van der Waals surface area contributed by atoms with E-state index in [2.05, 4.69) is 58.3 Å². The van der Waals surface area contributed by atoms with Crippen LogP contribution in [-0.4, -0.2) is 54.7 Å². The van der Waals surface area contributed by atoms with Gasteiger partial charge >= 0.3 is 6.03 Å². The molecule has 5 rings (SSSR count). The molecule has 2 aliphatic rings. The summed E-state index contributed by atoms with van der Waals surface area (Å²) in [6, 6.07) is 19.0. The van der Waals surface area contributed by atoms with Crippen LogP contribution in [0, 0.1) is 6.92 Å². The van der Waals surface area contributed by atoms with Crippen molar-refractivity contribution in [3.63, 3.8) is 0 Å². The number of nitrogens with zero attached hydrogens (tertiary/aromatic N) is 4. The fourth-order valence-corrected chi connectivity index (χ4v) is 5.56. The molecule has 8 heteroatoms. The van der Waals surface area contributed by atoms with Gasteiger partial charge in [0.1, 0.15) is 0 Å². The average molecular weight is 531 g/mol. The van der Waals surface area contributed by atoms with Gasteiger partial charge in [-0.1, -0.05) is 31.0 Å². The van der Waals surface area contributed by atoms with E-state index in [9.17, 15) is 4.79 Å². The van der Waals surface area contributed by atoms with Gasteiger partial charge in [-0.2, -0.15) is 0 Å². The summed E-state index contributed by atoms with van der Waals surface area (Å²) < 4.78 is 0. The minimum absolute atomic E-state index is 0. The Hall–Kier alpha value is -2.54. The third-order valence-electron chi connectivity index (χ3n) is 7.39. The van der Waals surface area contributed by atoms with Gasteiger partial charge in [-0.25, -0.2) is 4.79 Å². The number of fused-ring (bicyclic) bond motifs is 1. The number of aromatic nitrogens is 1. The van der Waals surface area contributed by atoms with Gasteiger partial charge in [0.2, 0.25) is 0 Å². The van der Waals surface area contributed by atoms with Crippen molar-refractivity contribution in [2.75, 3.05) is 42.5 Å². The van der Waals surface area contributed by atoms with Crippen LogP contribution in [0.2, 0.25) is 0 Å². The number of amides is 2. The highest BCUT2D eigenvalue weighted by molar-refractivity contribution is 5.92. The highest BCUT2D eigenvalue weighted by Gasteiger charge is 2.26. The zero-order valence-electron chi connectivity index (χ0n) is 20.9. The van der Waals surface area contributed by atoms with E-state index in [0.29, 0.717) is 0 Å². The normalized spacial score (nSPS) is 16.4. The van der Waals surface area contributed by atoms with Crippen molar-refractivity contribution in [1.82, 2.24) is 9.88 Å². The molecule has 0 spiro atoms. The SMILES string of the molecule is Cc1ccc2c(N3CCN(CCc4cccc(N(C(N)=O)C5CCCC5)c4)CC3)cccc2n1.Cl.Cl. The van der Waals surface area contributed by atoms with Crippen LogP contribution in [0.1, 0.15) is 36.9 Å². The molecular formula is C28H37Cl2N5O. The molecule has 1 aliphatic carbocycles. The van der Waals surface area contributed by atoms with E-state index in [1.165, 1.54) is 29.5 Å². The maximum atomic E-state index is 12.2. The van der Waals surface area contributed by atoms with Crippen molar-refractivity contribution in [3.8, 4) is 0 Å². The summed E-state index contributed by atoms with van der Waals surface area (Å²) in [6.07, 6.45) is 5.42. The molecule has 2 fully saturated rings. The molecule has 0 bridgehead atoms. The number of urea groups is 1. The molecule has 2 amide bonds. The summed E-state index contributed by atoms with van der Waals surface area (Å²) in [6.45, 7) is 7.19. The van der Waals surface area contributed by atoms with E-state index in [0.717, 1.165) is 68.9 Å². The van der Waals surface area contributed by atoms with Gasteiger partial charge in [0.15, 0.2) is 0 Å². The molecule has 1 saturated carbocycles. The largest absolute Gasteiger partial charge is 0.368 e. The van der Waals surface area contributed by atoms with Crippen molar-refractivity contribution in [1.29, 1.82) is 0 Å². The summed E-state index contributed by atoms with van der Waals surface area (Å²) in [5.41, 5.74) is 11.4. The number of benzene rings is 2. The summed E-state index contributed by atoms with van der Waals surface area (Å²) in [7, 11) is 0. The number of piperazine rings is 1. The van der Waals surface area contributed by atoms with Crippen LogP contribution < -0.4 is 15.5 Å². The van der Waals surface area contributed by atoms with Gasteiger partial charge in [-0.05, 0) is 68.1 Å². The number of nitrogens with two attached hydrogens (primary N) is 1. The smallest absolute Gasteiger partial charge is 0.319 e. The molecule has 2 N–H and O–H groups in total. The highest BCUT2D eigenvalue weighted by atomic mass is 35.5. The van der Waals surface area contributed by atoms with Crippen molar-refractivity contribution < 1.29 is 4.79 Å². The molecular weight excluding hydrogens is 493 g/mol. The predicted molar refractivity (Wildman–Crippen MR) is 154 cm³/mol. The van der Waals surface area contributed by atoms with E-state index in [-0.39, 0.29) is 36.9 Å². The minimum Gasteiger partial charge on any atom is -0.368 e. The zero-order valence-corrected chi connectivity index (χ0v) is 22.6. The predicted octanol–water partition coefficient (Wildman–Crippen LogP) is 5.58. The molecule has 6 nitrogen and oxygen atoms in total. The molecule has 0 radical (unpaired) electrons. The highest BCUT2D eigenvalue weighted by Crippen LogP contribution is 2.29. The average Bonchev–Trinajstić information content (AvgIpc) is 3.37. The number of aryl methyl sites for hydroxylation is 1. The van der Waals surface area contributed by atoms with Gasteiger partial charge < -0.3 is 10.6 Å². The topological polar surface area (TPSA) is 65.7 Å². The first-order valence-corrected chi connectivity index (χ1v) is 12.6. The van der Waals surface area contributed by atoms with Crippen LogP contribution in [0.25, 0.3) is 10.9 Å². The summed E-state index contributed by atoms with van der Waals surface area (Å²) in [5, 5.41) is 1.24. The van der Waals surface area contributed by atoms with Gasteiger partial charge in [-0.15, -0.1) is 24.8 Å². The fraction of sp³-hybridized carbons (Fsp3) is 0.429. The van der Waals surface area contributed by atoms with E-state index in [1.54, 1.807) is 0 Å². The fourth-order valence-electron chi connectivity index (χ4n) is 5.56. The van der Waals surface area contributed by atoms with Crippen molar-refractivity contribution in [2.24, 2.45) is 5.73 Å². The second-order valence-electron chi connectivity index (χ2n) is 9.69. The standard InChI is InChI=1S/C28H35N5O.2ClH/c1-21-12-13-25-26(30-21)10-5-11-27(25)32-18-16-31(17-19-32)15-14-22-6-4-9-24(20-22)33(28(29)34)23-7-2-3-8-23;;/h4-6,9-13,20,23H,2-3,7-8,14-19H2,1H3,(H2,29,34);2*1H. The van der Waals surface area contributed by atoms with E-state index >= 15 is 0 Å². The second kappa shape index (κ2) is 12.6. The molecule has 194 valence electrons. The number of hydrogen-bond donors (Lipinski definition) is 1. The molecule has 3 aromatic rings. The van der Waals surface area contributed by atoms with Crippen LogP contribution in [-0.2, 0) is 6.42 Å². The monoisotopic (exact) mass is 529 g/mol. The molecule has 1 aliphatic heterocycles. The molecule has 0 unspecified atom stereocenters. The Balaban J connectivity index is 0.00000180. The zero-order chi connectivity index (χ0) is 23.5. The number of carbonyl (C=O) groups excluding carboxylic acids is 1. The van der Waals surface area contributed by atoms with Gasteiger partial charge in [0.25, 0.3) is 0 Å². The van der Waals surface area contributed by atoms with Crippen molar-refractivity contribution >= 4 is 53.1 Å². The third kappa shape index (κ3) is 6.23. The number of carbonyl (C=O) groups is 1. The Morgan fingerprint density at radius 2 is 1.72 bits per heavy atom. The first-order chi connectivity index (χ1) is 16.6. The Kier molecular flexibility index (Phi) is 9.83. The number of primary amides is 1. The third-order valence-corrected chi connectivity index (χ3v) is 7.39. The maximum Gasteiger partial charge on any atom is 0.319 e. The van der Waals surface area contributed by atoms with Crippen LogP contribution in [0.3, 0.4) is 0 Å². The molecule has 2 aromatic carbocycles. The Morgan fingerprint density at radius 1 is 1.00 bits per heavy atom. The van der Waals surface area contributed by atoms with Crippen LogP contribution >= 0.6 is 24.8 Å². The molecule has 2 heterocycles. The first kappa shape index (κ1) is 28.0. The van der Waals surface area contributed by atoms with Crippen LogP contribution in [0.4, 0.5) is 16.2 Å². The lowest BCUT2D eigenvalue weighted by Gasteiger charge is -2.36. The van der Waals surface area contributed by atoms with Gasteiger partial charge in [0, 0.05) is 61.2 Å².